The first-order valence-electron chi connectivity index (χ1n) is 5.53. The lowest BCUT2D eigenvalue weighted by molar-refractivity contribution is 0.340. The predicted molar refractivity (Wildman–Crippen MR) is 69.5 cm³/mol. The van der Waals surface area contributed by atoms with Gasteiger partial charge in [0.05, 0.1) is 6.61 Å². The van der Waals surface area contributed by atoms with Crippen molar-refractivity contribution in [3.63, 3.8) is 0 Å². The van der Waals surface area contributed by atoms with E-state index in [2.05, 4.69) is 4.98 Å². The maximum absolute atomic E-state index is 8.89. The molecule has 2 aromatic rings. The highest BCUT2D eigenvalue weighted by Crippen LogP contribution is 2.25. The molecule has 0 aliphatic heterocycles. The molecule has 4 nitrogen and oxygen atoms in total. The Hall–Kier alpha value is -1.99. The molecule has 1 aromatic carbocycles. The summed E-state index contributed by atoms with van der Waals surface area (Å²) < 4.78 is 7.06. The Balaban J connectivity index is 2.40. The molecule has 0 spiro atoms. The zero-order chi connectivity index (χ0) is 13.1. The fourth-order valence-electron chi connectivity index (χ4n) is 1.68. The number of aromatic nitrogens is 2. The van der Waals surface area contributed by atoms with Crippen LogP contribution in [0.25, 0.3) is 11.4 Å². The van der Waals surface area contributed by atoms with Gasteiger partial charge >= 0.3 is 0 Å². The Morgan fingerprint density at radius 2 is 2.06 bits per heavy atom. The monoisotopic (exact) mass is 261 g/mol. The van der Waals surface area contributed by atoms with Crippen LogP contribution >= 0.6 is 11.6 Å². The lowest BCUT2D eigenvalue weighted by atomic mass is 10.2. The van der Waals surface area contributed by atoms with E-state index in [1.807, 2.05) is 37.3 Å². The molecule has 1 aromatic heterocycles. The van der Waals surface area contributed by atoms with Gasteiger partial charge in [-0.1, -0.05) is 11.6 Å². The molecule has 0 radical (unpaired) electrons. The largest absolute Gasteiger partial charge is 0.494 e. The molecule has 2 rings (SSSR count). The zero-order valence-electron chi connectivity index (χ0n) is 10.1. The number of nitriles is 1. The van der Waals surface area contributed by atoms with Crippen LogP contribution in [0.1, 0.15) is 12.6 Å². The molecule has 0 atom stereocenters. The van der Waals surface area contributed by atoms with Crippen LogP contribution in [-0.4, -0.2) is 16.2 Å². The zero-order valence-corrected chi connectivity index (χ0v) is 10.9. The van der Waals surface area contributed by atoms with E-state index in [1.165, 1.54) is 0 Å². The minimum Gasteiger partial charge on any atom is -0.494 e. The Morgan fingerprint density at radius 1 is 1.39 bits per heavy atom. The molecule has 92 valence electrons. The number of imidazole rings is 1. The maximum atomic E-state index is 8.89. The first-order chi connectivity index (χ1) is 8.67. The highest BCUT2D eigenvalue weighted by atomic mass is 35.5. The van der Waals surface area contributed by atoms with E-state index < -0.39 is 0 Å². The summed E-state index contributed by atoms with van der Waals surface area (Å²) in [5, 5.41) is 9.24. The van der Waals surface area contributed by atoms with E-state index in [4.69, 9.17) is 21.6 Å². The average Bonchev–Trinajstić information content (AvgIpc) is 2.68. The maximum Gasteiger partial charge on any atom is 0.178 e. The van der Waals surface area contributed by atoms with Crippen molar-refractivity contribution in [2.75, 3.05) is 6.61 Å². The molecule has 0 bridgehead atoms. The number of rotatable bonds is 3. The summed E-state index contributed by atoms with van der Waals surface area (Å²) in [6, 6.07) is 9.49. The predicted octanol–water partition coefficient (Wildman–Crippen LogP) is 3.01. The van der Waals surface area contributed by atoms with E-state index in [1.54, 1.807) is 11.6 Å². The van der Waals surface area contributed by atoms with Crippen LogP contribution in [0.4, 0.5) is 0 Å². The van der Waals surface area contributed by atoms with Gasteiger partial charge in [0.15, 0.2) is 5.69 Å². The number of nitrogens with zero attached hydrogens (tertiary/aromatic N) is 3. The molecule has 0 saturated heterocycles. The van der Waals surface area contributed by atoms with Crippen molar-refractivity contribution < 1.29 is 4.74 Å². The second kappa shape index (κ2) is 5.11. The second-order valence-corrected chi connectivity index (χ2v) is 4.06. The van der Waals surface area contributed by atoms with Gasteiger partial charge in [-0.05, 0) is 31.2 Å². The quantitative estimate of drug-likeness (QED) is 0.853. The molecule has 0 aliphatic rings. The molecule has 18 heavy (non-hydrogen) atoms. The number of hydrogen-bond acceptors (Lipinski definition) is 3. The van der Waals surface area contributed by atoms with Crippen LogP contribution in [0, 0.1) is 11.3 Å². The standard InChI is InChI=1S/C13H12ClN3O/c1-3-18-10-6-4-9(5-7-10)13-16-11(8-15)12(14)17(13)2/h4-7H,3H2,1-2H3. The third-order valence-corrected chi connectivity index (χ3v) is 2.99. The van der Waals surface area contributed by atoms with E-state index in [0.29, 0.717) is 17.6 Å². The second-order valence-electron chi connectivity index (χ2n) is 3.70. The highest BCUT2D eigenvalue weighted by molar-refractivity contribution is 6.30. The number of hydrogen-bond donors (Lipinski definition) is 0. The summed E-state index contributed by atoms with van der Waals surface area (Å²) in [6.07, 6.45) is 0. The highest BCUT2D eigenvalue weighted by Gasteiger charge is 2.13. The first kappa shape index (κ1) is 12.5. The molecule has 0 aliphatic carbocycles. The molecule has 0 N–H and O–H groups in total. The summed E-state index contributed by atoms with van der Waals surface area (Å²) in [6.45, 7) is 2.57. The SMILES string of the molecule is CCOc1ccc(-c2nc(C#N)c(Cl)n2C)cc1. The Bertz CT molecular complexity index is 596. The lowest BCUT2D eigenvalue weighted by Crippen LogP contribution is -1.94. The topological polar surface area (TPSA) is 50.8 Å². The Kier molecular flexibility index (Phi) is 3.54. The molecular formula is C13H12ClN3O. The third-order valence-electron chi connectivity index (χ3n) is 2.55. The molecule has 0 unspecified atom stereocenters. The average molecular weight is 262 g/mol. The van der Waals surface area contributed by atoms with Gasteiger partial charge in [0, 0.05) is 12.6 Å². The number of halogens is 1. The normalized spacial score (nSPS) is 10.1. The molecule has 1 heterocycles. The van der Waals surface area contributed by atoms with Crippen molar-refractivity contribution in [3.05, 3.63) is 35.1 Å². The van der Waals surface area contributed by atoms with Crippen LogP contribution in [0.15, 0.2) is 24.3 Å². The first-order valence-corrected chi connectivity index (χ1v) is 5.90. The molecule has 5 heteroatoms. The van der Waals surface area contributed by atoms with Gasteiger partial charge in [0.1, 0.15) is 22.8 Å². The molecule has 0 saturated carbocycles. The molecule has 0 fully saturated rings. The van der Waals surface area contributed by atoms with E-state index in [9.17, 15) is 0 Å². The van der Waals surface area contributed by atoms with Gasteiger partial charge < -0.3 is 9.30 Å². The van der Waals surface area contributed by atoms with Crippen molar-refractivity contribution >= 4 is 11.6 Å². The van der Waals surface area contributed by atoms with Crippen molar-refractivity contribution in [1.82, 2.24) is 9.55 Å². The van der Waals surface area contributed by atoms with Crippen molar-refractivity contribution in [2.24, 2.45) is 7.05 Å². The van der Waals surface area contributed by atoms with Crippen LogP contribution < -0.4 is 4.74 Å². The summed E-state index contributed by atoms with van der Waals surface area (Å²) in [5.41, 5.74) is 1.13. The summed E-state index contributed by atoms with van der Waals surface area (Å²) in [4.78, 5) is 4.20. The molecule has 0 amide bonds. The fourth-order valence-corrected chi connectivity index (χ4v) is 1.84. The van der Waals surface area contributed by atoms with Gasteiger partial charge in [-0.15, -0.1) is 0 Å². The summed E-state index contributed by atoms with van der Waals surface area (Å²) in [5.74, 6) is 1.47. The van der Waals surface area contributed by atoms with Crippen LogP contribution in [0.3, 0.4) is 0 Å². The smallest absolute Gasteiger partial charge is 0.178 e. The minimum atomic E-state index is 0.239. The van der Waals surface area contributed by atoms with Gasteiger partial charge in [0.25, 0.3) is 0 Å². The van der Waals surface area contributed by atoms with Crippen molar-refractivity contribution in [3.8, 4) is 23.2 Å². The molecular weight excluding hydrogens is 250 g/mol. The summed E-state index contributed by atoms with van der Waals surface area (Å²) >= 11 is 6.00. The third kappa shape index (κ3) is 2.18. The van der Waals surface area contributed by atoms with Crippen molar-refractivity contribution in [1.29, 1.82) is 5.26 Å². The van der Waals surface area contributed by atoms with Crippen LogP contribution in [0.2, 0.25) is 5.15 Å². The van der Waals surface area contributed by atoms with Crippen molar-refractivity contribution in [2.45, 2.75) is 6.92 Å². The van der Waals surface area contributed by atoms with Gasteiger partial charge in [-0.3, -0.25) is 0 Å². The van der Waals surface area contributed by atoms with Gasteiger partial charge in [-0.25, -0.2) is 4.98 Å². The summed E-state index contributed by atoms with van der Waals surface area (Å²) in [7, 11) is 1.78. The number of benzene rings is 1. The minimum absolute atomic E-state index is 0.239. The lowest BCUT2D eigenvalue weighted by Gasteiger charge is -2.05. The van der Waals surface area contributed by atoms with Gasteiger partial charge in [0.2, 0.25) is 0 Å². The van der Waals surface area contributed by atoms with E-state index >= 15 is 0 Å². The van der Waals surface area contributed by atoms with E-state index in [-0.39, 0.29) is 5.69 Å². The Labute approximate surface area is 110 Å². The number of ether oxygens (including phenoxy) is 1. The van der Waals surface area contributed by atoms with Crippen LogP contribution in [0.5, 0.6) is 5.75 Å². The van der Waals surface area contributed by atoms with Gasteiger partial charge in [-0.2, -0.15) is 5.26 Å². The fraction of sp³-hybridized carbons (Fsp3) is 0.231. The van der Waals surface area contributed by atoms with Crippen LogP contribution in [-0.2, 0) is 7.05 Å². The van der Waals surface area contributed by atoms with E-state index in [0.717, 1.165) is 11.3 Å². The Morgan fingerprint density at radius 3 is 2.56 bits per heavy atom.